The molecule has 0 spiro atoms. The topological polar surface area (TPSA) is 30.7 Å². The summed E-state index contributed by atoms with van der Waals surface area (Å²) >= 11 is 3.52. The lowest BCUT2D eigenvalue weighted by molar-refractivity contribution is 0.992. The summed E-state index contributed by atoms with van der Waals surface area (Å²) in [5.74, 6) is 0. The van der Waals surface area contributed by atoms with Gasteiger partial charge in [0.1, 0.15) is 5.52 Å². The Morgan fingerprint density at radius 2 is 1.74 bits per heavy atom. The number of benzene rings is 2. The first-order valence-corrected chi connectivity index (χ1v) is 6.84. The zero-order chi connectivity index (χ0) is 13.0. The molecule has 92 valence electrons. The Balaban J connectivity index is 2.30. The van der Waals surface area contributed by atoms with Gasteiger partial charge in [0.25, 0.3) is 0 Å². The molecule has 4 heteroatoms. The molecule has 0 aliphatic rings. The molecule has 0 bridgehead atoms. The normalized spacial score (nSPS) is 11.7. The minimum absolute atomic E-state index is 0.923. The van der Waals surface area contributed by atoms with Gasteiger partial charge in [0.15, 0.2) is 5.65 Å². The van der Waals surface area contributed by atoms with Crippen molar-refractivity contribution in [3.8, 4) is 0 Å². The number of para-hydroxylation sites is 2. The van der Waals surface area contributed by atoms with Crippen molar-refractivity contribution in [3.05, 3.63) is 46.9 Å². The summed E-state index contributed by atoms with van der Waals surface area (Å²) in [6.45, 7) is 0. The third-order valence-corrected chi connectivity index (χ3v) is 3.94. The van der Waals surface area contributed by atoms with E-state index in [9.17, 15) is 0 Å². The molecule has 0 unspecified atom stereocenters. The third kappa shape index (κ3) is 1.50. The van der Waals surface area contributed by atoms with Crippen molar-refractivity contribution in [2.75, 3.05) is 0 Å². The Kier molecular flexibility index (Phi) is 2.17. The number of hydrogen-bond donors (Lipinski definition) is 0. The lowest BCUT2D eigenvalue weighted by atomic mass is 10.2. The van der Waals surface area contributed by atoms with E-state index in [1.54, 1.807) is 0 Å². The SMILES string of the molecule is Cn1c2ccc(Br)cc2c2nc3ccccc3nc21. The summed E-state index contributed by atoms with van der Waals surface area (Å²) in [5.41, 5.74) is 4.89. The Bertz CT molecular complexity index is 940. The van der Waals surface area contributed by atoms with Crippen LogP contribution in [-0.2, 0) is 7.05 Å². The van der Waals surface area contributed by atoms with E-state index < -0.39 is 0 Å². The van der Waals surface area contributed by atoms with Crippen molar-refractivity contribution in [2.45, 2.75) is 0 Å². The maximum atomic E-state index is 4.76. The summed E-state index contributed by atoms with van der Waals surface area (Å²) < 4.78 is 3.15. The number of fused-ring (bicyclic) bond motifs is 4. The predicted octanol–water partition coefficient (Wildman–Crippen LogP) is 4.04. The number of nitrogens with zero attached hydrogens (tertiary/aromatic N) is 3. The van der Waals surface area contributed by atoms with Gasteiger partial charge >= 0.3 is 0 Å². The van der Waals surface area contributed by atoms with Crippen LogP contribution in [0.15, 0.2) is 46.9 Å². The summed E-state index contributed by atoms with van der Waals surface area (Å²) in [6, 6.07) is 14.2. The zero-order valence-electron chi connectivity index (χ0n) is 10.3. The van der Waals surface area contributed by atoms with Crippen molar-refractivity contribution < 1.29 is 0 Å². The zero-order valence-corrected chi connectivity index (χ0v) is 11.8. The predicted molar refractivity (Wildman–Crippen MR) is 81.2 cm³/mol. The van der Waals surface area contributed by atoms with Gasteiger partial charge in [-0.05, 0) is 30.3 Å². The Labute approximate surface area is 118 Å². The third-order valence-electron chi connectivity index (χ3n) is 3.44. The molecule has 3 nitrogen and oxygen atoms in total. The maximum Gasteiger partial charge on any atom is 0.160 e. The molecule has 0 saturated carbocycles. The number of rotatable bonds is 0. The lowest BCUT2D eigenvalue weighted by Crippen LogP contribution is -1.91. The van der Waals surface area contributed by atoms with Crippen molar-refractivity contribution in [1.29, 1.82) is 0 Å². The summed E-state index contributed by atoms with van der Waals surface area (Å²) in [4.78, 5) is 9.49. The minimum Gasteiger partial charge on any atom is -0.327 e. The van der Waals surface area contributed by atoms with Crippen LogP contribution >= 0.6 is 15.9 Å². The fourth-order valence-corrected chi connectivity index (χ4v) is 2.87. The molecule has 19 heavy (non-hydrogen) atoms. The Hall–Kier alpha value is -1.94. The first kappa shape index (κ1) is 10.9. The average Bonchev–Trinajstić information content (AvgIpc) is 2.69. The van der Waals surface area contributed by atoms with E-state index in [1.165, 1.54) is 0 Å². The second kappa shape index (κ2) is 3.78. The Morgan fingerprint density at radius 3 is 2.53 bits per heavy atom. The van der Waals surface area contributed by atoms with E-state index >= 15 is 0 Å². The van der Waals surface area contributed by atoms with Crippen LogP contribution in [0.5, 0.6) is 0 Å². The minimum atomic E-state index is 0.923. The van der Waals surface area contributed by atoms with E-state index in [2.05, 4.69) is 32.6 Å². The van der Waals surface area contributed by atoms with Gasteiger partial charge in [-0.15, -0.1) is 0 Å². The van der Waals surface area contributed by atoms with Crippen molar-refractivity contribution in [2.24, 2.45) is 7.05 Å². The fourth-order valence-electron chi connectivity index (χ4n) is 2.51. The van der Waals surface area contributed by atoms with Gasteiger partial charge in [-0.3, -0.25) is 0 Å². The fraction of sp³-hybridized carbons (Fsp3) is 0.0667. The van der Waals surface area contributed by atoms with E-state index in [-0.39, 0.29) is 0 Å². The summed E-state index contributed by atoms with van der Waals surface area (Å²) in [5, 5.41) is 1.13. The van der Waals surface area contributed by atoms with Crippen LogP contribution in [0.25, 0.3) is 33.1 Å². The quantitative estimate of drug-likeness (QED) is 0.491. The van der Waals surface area contributed by atoms with Gasteiger partial charge < -0.3 is 4.57 Å². The average molecular weight is 312 g/mol. The smallest absolute Gasteiger partial charge is 0.160 e. The van der Waals surface area contributed by atoms with Gasteiger partial charge in [0.2, 0.25) is 0 Å². The van der Waals surface area contributed by atoms with Gasteiger partial charge in [0, 0.05) is 16.9 Å². The number of hydrogen-bond acceptors (Lipinski definition) is 2. The Morgan fingerprint density at radius 1 is 1.00 bits per heavy atom. The van der Waals surface area contributed by atoms with Gasteiger partial charge in [-0.2, -0.15) is 0 Å². The first-order valence-electron chi connectivity index (χ1n) is 6.04. The molecule has 0 atom stereocenters. The molecule has 4 aromatic rings. The van der Waals surface area contributed by atoms with E-state index in [0.717, 1.165) is 37.6 Å². The molecule has 4 rings (SSSR count). The largest absolute Gasteiger partial charge is 0.327 e. The van der Waals surface area contributed by atoms with Crippen molar-refractivity contribution in [3.63, 3.8) is 0 Å². The highest BCUT2D eigenvalue weighted by Crippen LogP contribution is 2.29. The number of aryl methyl sites for hydroxylation is 1. The van der Waals surface area contributed by atoms with Crippen LogP contribution in [-0.4, -0.2) is 14.5 Å². The highest BCUT2D eigenvalue weighted by Gasteiger charge is 2.12. The monoisotopic (exact) mass is 311 g/mol. The molecule has 2 aromatic carbocycles. The maximum absolute atomic E-state index is 4.76. The van der Waals surface area contributed by atoms with Crippen LogP contribution < -0.4 is 0 Å². The number of aromatic nitrogens is 3. The molecule has 0 radical (unpaired) electrons. The highest BCUT2D eigenvalue weighted by molar-refractivity contribution is 9.10. The molecule has 0 amide bonds. The number of halogens is 1. The molecular formula is C15H10BrN3. The summed E-state index contributed by atoms with van der Waals surface area (Å²) in [6.07, 6.45) is 0. The first-order chi connectivity index (χ1) is 9.24. The second-order valence-corrected chi connectivity index (χ2v) is 5.52. The lowest BCUT2D eigenvalue weighted by Gasteiger charge is -1.98. The molecule has 0 aliphatic heterocycles. The van der Waals surface area contributed by atoms with Crippen LogP contribution in [0.3, 0.4) is 0 Å². The van der Waals surface area contributed by atoms with Gasteiger partial charge in [-0.1, -0.05) is 28.1 Å². The molecule has 0 N–H and O–H groups in total. The van der Waals surface area contributed by atoms with E-state index in [0.29, 0.717) is 0 Å². The van der Waals surface area contributed by atoms with Crippen LogP contribution in [0, 0.1) is 0 Å². The molecule has 0 aliphatic carbocycles. The molecule has 0 saturated heterocycles. The van der Waals surface area contributed by atoms with Crippen LogP contribution in [0.2, 0.25) is 0 Å². The standard InChI is InChI=1S/C15H10BrN3/c1-19-13-7-6-9(16)8-10(13)14-15(19)18-12-5-3-2-4-11(12)17-14/h2-8H,1H3. The highest BCUT2D eigenvalue weighted by atomic mass is 79.9. The van der Waals surface area contributed by atoms with Gasteiger partial charge in [-0.25, -0.2) is 9.97 Å². The van der Waals surface area contributed by atoms with Crippen LogP contribution in [0.4, 0.5) is 0 Å². The van der Waals surface area contributed by atoms with Crippen molar-refractivity contribution in [1.82, 2.24) is 14.5 Å². The molecule has 2 aromatic heterocycles. The van der Waals surface area contributed by atoms with E-state index in [1.807, 2.05) is 37.4 Å². The summed E-state index contributed by atoms with van der Waals surface area (Å²) in [7, 11) is 2.03. The molecule has 0 fully saturated rings. The van der Waals surface area contributed by atoms with Gasteiger partial charge in [0.05, 0.1) is 16.6 Å². The molecule has 2 heterocycles. The van der Waals surface area contributed by atoms with Crippen LogP contribution in [0.1, 0.15) is 0 Å². The second-order valence-electron chi connectivity index (χ2n) is 4.61. The molecular weight excluding hydrogens is 302 g/mol. The van der Waals surface area contributed by atoms with Crippen molar-refractivity contribution >= 4 is 49.0 Å². The van der Waals surface area contributed by atoms with E-state index in [4.69, 9.17) is 9.97 Å².